The summed E-state index contributed by atoms with van der Waals surface area (Å²) in [6, 6.07) is 3.37. The quantitative estimate of drug-likeness (QED) is 0.695. The number of rotatable bonds is 6. The van der Waals surface area contributed by atoms with Crippen molar-refractivity contribution >= 4 is 15.7 Å². The Morgan fingerprint density at radius 1 is 1.30 bits per heavy atom. The maximum Gasteiger partial charge on any atom is 0.242 e. The van der Waals surface area contributed by atoms with Gasteiger partial charge >= 0.3 is 0 Å². The Kier molecular flexibility index (Phi) is 5.56. The zero-order valence-corrected chi connectivity index (χ0v) is 13.3. The van der Waals surface area contributed by atoms with E-state index in [1.807, 2.05) is 20.8 Å². The van der Waals surface area contributed by atoms with E-state index in [1.54, 1.807) is 19.1 Å². The number of nitrogens with two attached hydrogens (primary N) is 1. The molecule has 0 saturated carbocycles. The van der Waals surface area contributed by atoms with Crippen LogP contribution in [0.3, 0.4) is 0 Å². The molecule has 0 radical (unpaired) electrons. The summed E-state index contributed by atoms with van der Waals surface area (Å²) in [5, 5.41) is 9.76. The molecule has 1 unspecified atom stereocenters. The molecule has 6 heteroatoms. The molecule has 5 nitrogen and oxygen atoms in total. The number of hydrogen-bond donors (Lipinski definition) is 3. The molecule has 0 aliphatic carbocycles. The topological polar surface area (TPSA) is 92.4 Å². The van der Waals surface area contributed by atoms with Crippen LogP contribution < -0.4 is 10.5 Å². The zero-order chi connectivity index (χ0) is 15.5. The highest BCUT2D eigenvalue weighted by Gasteiger charge is 2.22. The smallest absolute Gasteiger partial charge is 0.242 e. The Balaban J connectivity index is 2.93. The molecule has 0 fully saturated rings. The van der Waals surface area contributed by atoms with Gasteiger partial charge in [0.1, 0.15) is 4.90 Å². The second kappa shape index (κ2) is 6.56. The minimum Gasteiger partial charge on any atom is -0.398 e. The number of nitrogens with one attached hydrogen (secondary N) is 1. The van der Waals surface area contributed by atoms with Gasteiger partial charge in [0.05, 0.1) is 11.8 Å². The van der Waals surface area contributed by atoms with Gasteiger partial charge in [-0.15, -0.1) is 0 Å². The molecule has 0 amide bonds. The van der Waals surface area contributed by atoms with E-state index in [0.29, 0.717) is 17.9 Å². The van der Waals surface area contributed by atoms with E-state index in [4.69, 9.17) is 5.73 Å². The van der Waals surface area contributed by atoms with Crippen molar-refractivity contribution in [3.8, 4) is 0 Å². The van der Waals surface area contributed by atoms with Crippen molar-refractivity contribution in [1.29, 1.82) is 0 Å². The lowest BCUT2D eigenvalue weighted by Crippen LogP contribution is -2.33. The van der Waals surface area contributed by atoms with Crippen molar-refractivity contribution in [2.45, 2.75) is 45.1 Å². The monoisotopic (exact) mass is 300 g/mol. The van der Waals surface area contributed by atoms with Gasteiger partial charge in [-0.25, -0.2) is 13.1 Å². The fourth-order valence-corrected chi connectivity index (χ4v) is 3.57. The number of aliphatic hydroxyl groups excluding tert-OH is 1. The number of nitrogen functional groups attached to an aromatic ring is 1. The van der Waals surface area contributed by atoms with Crippen LogP contribution in [0.1, 0.15) is 31.4 Å². The molecule has 4 N–H and O–H groups in total. The Hall–Kier alpha value is -1.11. The molecule has 114 valence electrons. The second-order valence-electron chi connectivity index (χ2n) is 5.56. The predicted octanol–water partition coefficient (Wildman–Crippen LogP) is 1.57. The molecule has 0 aromatic heterocycles. The largest absolute Gasteiger partial charge is 0.398 e. The van der Waals surface area contributed by atoms with Gasteiger partial charge in [-0.05, 0) is 43.4 Å². The van der Waals surface area contributed by atoms with E-state index in [9.17, 15) is 13.5 Å². The third kappa shape index (κ3) is 4.19. The highest BCUT2D eigenvalue weighted by Crippen LogP contribution is 2.25. The molecule has 0 aliphatic heterocycles. The van der Waals surface area contributed by atoms with E-state index in [0.717, 1.165) is 5.56 Å². The molecule has 0 saturated heterocycles. The van der Waals surface area contributed by atoms with Gasteiger partial charge < -0.3 is 10.8 Å². The normalized spacial score (nSPS) is 13.7. The minimum absolute atomic E-state index is 0.00661. The van der Waals surface area contributed by atoms with Gasteiger partial charge in [0, 0.05) is 6.54 Å². The Morgan fingerprint density at radius 3 is 2.45 bits per heavy atom. The molecule has 1 rings (SSSR count). The summed E-state index contributed by atoms with van der Waals surface area (Å²) in [5.41, 5.74) is 7.50. The second-order valence-corrected chi connectivity index (χ2v) is 7.26. The number of anilines is 1. The van der Waals surface area contributed by atoms with Crippen molar-refractivity contribution in [1.82, 2.24) is 4.72 Å². The van der Waals surface area contributed by atoms with Crippen LogP contribution >= 0.6 is 0 Å². The van der Waals surface area contributed by atoms with Crippen LogP contribution in [-0.4, -0.2) is 26.2 Å². The maximum atomic E-state index is 12.3. The molecule has 1 aromatic rings. The van der Waals surface area contributed by atoms with Gasteiger partial charge in [0.2, 0.25) is 10.0 Å². The molecule has 0 spiro atoms. The number of benzene rings is 1. The van der Waals surface area contributed by atoms with Crippen LogP contribution in [-0.2, 0) is 10.0 Å². The summed E-state index contributed by atoms with van der Waals surface area (Å²) in [5.74, 6) is 0.306. The van der Waals surface area contributed by atoms with Crippen molar-refractivity contribution in [2.24, 2.45) is 5.92 Å². The predicted molar refractivity (Wildman–Crippen MR) is 81.0 cm³/mol. The third-order valence-corrected chi connectivity index (χ3v) is 4.85. The van der Waals surface area contributed by atoms with Crippen molar-refractivity contribution in [3.05, 3.63) is 23.3 Å². The standard InChI is InChI=1S/C14H24N2O3S/c1-9(2)7-12(17)8-16-20(18,19)14-11(4)10(3)5-6-13(14)15/h5-6,9,12,16-17H,7-8,15H2,1-4H3. The van der Waals surface area contributed by atoms with E-state index in [2.05, 4.69) is 4.72 Å². The number of aliphatic hydroxyl groups is 1. The number of hydrogen-bond acceptors (Lipinski definition) is 4. The molecule has 0 heterocycles. The lowest BCUT2D eigenvalue weighted by molar-refractivity contribution is 0.152. The fraction of sp³-hybridized carbons (Fsp3) is 0.571. The highest BCUT2D eigenvalue weighted by molar-refractivity contribution is 7.89. The minimum atomic E-state index is -3.71. The van der Waals surface area contributed by atoms with Crippen LogP contribution in [0.5, 0.6) is 0 Å². The zero-order valence-electron chi connectivity index (χ0n) is 12.5. The van der Waals surface area contributed by atoms with Gasteiger partial charge in [0.25, 0.3) is 0 Å². The number of sulfonamides is 1. The third-order valence-electron chi connectivity index (χ3n) is 3.23. The van der Waals surface area contributed by atoms with E-state index in [-0.39, 0.29) is 17.1 Å². The van der Waals surface area contributed by atoms with Crippen LogP contribution in [0, 0.1) is 19.8 Å². The lowest BCUT2D eigenvalue weighted by Gasteiger charge is -2.16. The molecule has 20 heavy (non-hydrogen) atoms. The summed E-state index contributed by atoms with van der Waals surface area (Å²) < 4.78 is 27.1. The Bertz CT molecular complexity index is 568. The fourth-order valence-electron chi connectivity index (χ4n) is 2.07. The Labute approximate surface area is 121 Å². The van der Waals surface area contributed by atoms with E-state index >= 15 is 0 Å². The van der Waals surface area contributed by atoms with Crippen molar-refractivity contribution in [3.63, 3.8) is 0 Å². The molecule has 0 aliphatic rings. The Morgan fingerprint density at radius 2 is 1.90 bits per heavy atom. The van der Waals surface area contributed by atoms with E-state index < -0.39 is 16.1 Å². The van der Waals surface area contributed by atoms with Gasteiger partial charge in [0.15, 0.2) is 0 Å². The molecule has 1 atom stereocenters. The maximum absolute atomic E-state index is 12.3. The molecule has 0 bridgehead atoms. The first-order valence-electron chi connectivity index (χ1n) is 6.68. The van der Waals surface area contributed by atoms with Gasteiger partial charge in [-0.3, -0.25) is 0 Å². The van der Waals surface area contributed by atoms with Crippen LogP contribution in [0.15, 0.2) is 17.0 Å². The van der Waals surface area contributed by atoms with Crippen LogP contribution in [0.25, 0.3) is 0 Å². The highest BCUT2D eigenvalue weighted by atomic mass is 32.2. The first kappa shape index (κ1) is 16.9. The SMILES string of the molecule is Cc1ccc(N)c(S(=O)(=O)NCC(O)CC(C)C)c1C. The first-order valence-corrected chi connectivity index (χ1v) is 8.17. The lowest BCUT2D eigenvalue weighted by atomic mass is 10.1. The molecular formula is C14H24N2O3S. The summed E-state index contributed by atoms with van der Waals surface area (Å²) in [7, 11) is -3.71. The average molecular weight is 300 g/mol. The van der Waals surface area contributed by atoms with Gasteiger partial charge in [-0.1, -0.05) is 19.9 Å². The summed E-state index contributed by atoms with van der Waals surface area (Å²) in [6.07, 6.45) is -0.152. The van der Waals surface area contributed by atoms with Crippen molar-refractivity contribution < 1.29 is 13.5 Å². The van der Waals surface area contributed by atoms with Crippen molar-refractivity contribution in [2.75, 3.05) is 12.3 Å². The first-order chi connectivity index (χ1) is 9.15. The van der Waals surface area contributed by atoms with Crippen LogP contribution in [0.4, 0.5) is 5.69 Å². The number of aryl methyl sites for hydroxylation is 1. The summed E-state index contributed by atoms with van der Waals surface area (Å²) >= 11 is 0. The van der Waals surface area contributed by atoms with Gasteiger partial charge in [-0.2, -0.15) is 0 Å². The summed E-state index contributed by atoms with van der Waals surface area (Å²) in [6.45, 7) is 7.50. The average Bonchev–Trinajstić information content (AvgIpc) is 2.31. The van der Waals surface area contributed by atoms with Crippen LogP contribution in [0.2, 0.25) is 0 Å². The molecule has 1 aromatic carbocycles. The van der Waals surface area contributed by atoms with E-state index in [1.165, 1.54) is 0 Å². The molecular weight excluding hydrogens is 276 g/mol. The summed E-state index contributed by atoms with van der Waals surface area (Å²) in [4.78, 5) is 0.106.